The van der Waals surface area contributed by atoms with Crippen LogP contribution >= 0.6 is 23.2 Å². The molecule has 0 heterocycles. The number of hydrazine groups is 1. The van der Waals surface area contributed by atoms with E-state index in [1.54, 1.807) is 30.3 Å². The Balaban J connectivity index is 1.68. The molecule has 0 unspecified atom stereocenters. The van der Waals surface area contributed by atoms with Crippen molar-refractivity contribution in [3.05, 3.63) is 58.1 Å². The second kappa shape index (κ2) is 10.5. The highest BCUT2D eigenvalue weighted by Gasteiger charge is 2.08. The van der Waals surface area contributed by atoms with E-state index in [4.69, 9.17) is 27.9 Å². The molecule has 0 saturated carbocycles. The number of ether oxygens (including phenoxy) is 1. The average molecular weight is 424 g/mol. The van der Waals surface area contributed by atoms with Crippen LogP contribution in [0.2, 0.25) is 10.0 Å². The summed E-state index contributed by atoms with van der Waals surface area (Å²) in [5.41, 5.74) is 5.59. The first-order valence-corrected chi connectivity index (χ1v) is 9.15. The molecule has 0 atom stereocenters. The van der Waals surface area contributed by atoms with Crippen molar-refractivity contribution in [3.63, 3.8) is 0 Å². The Labute approximate surface area is 172 Å². The summed E-state index contributed by atoms with van der Waals surface area (Å²) in [4.78, 5) is 34.8. The number of amides is 3. The summed E-state index contributed by atoms with van der Waals surface area (Å²) in [5.74, 6) is -0.532. The highest BCUT2D eigenvalue weighted by Crippen LogP contribution is 2.27. The Morgan fingerprint density at radius 1 is 1.00 bits per heavy atom. The van der Waals surface area contributed by atoms with Gasteiger partial charge in [-0.3, -0.25) is 25.2 Å². The zero-order valence-corrected chi connectivity index (χ0v) is 16.6. The summed E-state index contributed by atoms with van der Waals surface area (Å²) in [6.07, 6.45) is 0.596. The molecule has 2 rings (SSSR count). The largest absolute Gasteiger partial charge is 0.492 e. The lowest BCUT2D eigenvalue weighted by molar-refractivity contribution is -0.122. The monoisotopic (exact) mass is 423 g/mol. The molecule has 0 fully saturated rings. The van der Waals surface area contributed by atoms with E-state index in [0.717, 1.165) is 0 Å². The molecular formula is C19H19Cl2N3O4. The zero-order valence-electron chi connectivity index (χ0n) is 15.1. The van der Waals surface area contributed by atoms with Gasteiger partial charge in [-0.15, -0.1) is 0 Å². The first kappa shape index (κ1) is 21.5. The van der Waals surface area contributed by atoms with Gasteiger partial charge in [0.2, 0.25) is 11.8 Å². The van der Waals surface area contributed by atoms with Gasteiger partial charge in [0.15, 0.2) is 0 Å². The van der Waals surface area contributed by atoms with E-state index in [-0.39, 0.29) is 24.8 Å². The molecule has 0 aliphatic heterocycles. The molecular weight excluding hydrogens is 405 g/mol. The van der Waals surface area contributed by atoms with Gasteiger partial charge in [-0.2, -0.15) is 0 Å². The number of carbonyl (C=O) groups is 3. The SMILES string of the molecule is CC(=O)Nc1ccc(C(=O)NNC(=O)CCCOc2ccc(Cl)cc2Cl)cc1. The molecule has 28 heavy (non-hydrogen) atoms. The summed E-state index contributed by atoms with van der Waals surface area (Å²) in [6.45, 7) is 1.68. The third-order valence-corrected chi connectivity index (χ3v) is 4.01. The van der Waals surface area contributed by atoms with E-state index in [2.05, 4.69) is 16.2 Å². The van der Waals surface area contributed by atoms with Crippen molar-refractivity contribution in [2.45, 2.75) is 19.8 Å². The quantitative estimate of drug-likeness (QED) is 0.468. The molecule has 0 saturated heterocycles. The molecule has 0 bridgehead atoms. The normalized spacial score (nSPS) is 10.1. The molecule has 148 valence electrons. The van der Waals surface area contributed by atoms with Gasteiger partial charge in [-0.25, -0.2) is 0 Å². The summed E-state index contributed by atoms with van der Waals surface area (Å²) < 4.78 is 5.49. The lowest BCUT2D eigenvalue weighted by Crippen LogP contribution is -2.41. The summed E-state index contributed by atoms with van der Waals surface area (Å²) in [6, 6.07) is 11.2. The number of anilines is 1. The molecule has 2 aromatic rings. The van der Waals surface area contributed by atoms with Gasteiger partial charge in [0.1, 0.15) is 5.75 Å². The highest BCUT2D eigenvalue weighted by molar-refractivity contribution is 6.35. The lowest BCUT2D eigenvalue weighted by Gasteiger charge is -2.10. The van der Waals surface area contributed by atoms with Gasteiger partial charge in [-0.05, 0) is 48.9 Å². The highest BCUT2D eigenvalue weighted by atomic mass is 35.5. The first-order chi connectivity index (χ1) is 13.3. The number of benzene rings is 2. The third kappa shape index (κ3) is 7.09. The van der Waals surface area contributed by atoms with Crippen LogP contribution in [0.4, 0.5) is 5.69 Å². The summed E-state index contributed by atoms with van der Waals surface area (Å²) >= 11 is 11.8. The minimum absolute atomic E-state index is 0.160. The van der Waals surface area contributed by atoms with Gasteiger partial charge in [-0.1, -0.05) is 23.2 Å². The van der Waals surface area contributed by atoms with Crippen molar-refractivity contribution in [2.75, 3.05) is 11.9 Å². The van der Waals surface area contributed by atoms with E-state index in [1.165, 1.54) is 19.1 Å². The fourth-order valence-electron chi connectivity index (χ4n) is 2.18. The molecule has 7 nitrogen and oxygen atoms in total. The number of halogens is 2. The topological polar surface area (TPSA) is 96.5 Å². The second-order valence-corrected chi connectivity index (χ2v) is 6.63. The van der Waals surface area contributed by atoms with Crippen LogP contribution in [0.25, 0.3) is 0 Å². The fraction of sp³-hybridized carbons (Fsp3) is 0.211. The van der Waals surface area contributed by atoms with Crippen LogP contribution in [0.15, 0.2) is 42.5 Å². The molecule has 0 radical (unpaired) electrons. The van der Waals surface area contributed by atoms with Crippen LogP contribution in [0.1, 0.15) is 30.1 Å². The number of rotatable bonds is 7. The Hall–Kier alpha value is -2.77. The van der Waals surface area contributed by atoms with E-state index in [9.17, 15) is 14.4 Å². The molecule has 0 aliphatic carbocycles. The smallest absolute Gasteiger partial charge is 0.269 e. The minimum Gasteiger partial charge on any atom is -0.492 e. The van der Waals surface area contributed by atoms with Crippen LogP contribution < -0.4 is 20.9 Å². The number of carbonyl (C=O) groups excluding carboxylic acids is 3. The van der Waals surface area contributed by atoms with Gasteiger partial charge in [0.25, 0.3) is 5.91 Å². The first-order valence-electron chi connectivity index (χ1n) is 8.40. The predicted octanol–water partition coefficient (Wildman–Crippen LogP) is 3.57. The van der Waals surface area contributed by atoms with Crippen molar-refractivity contribution in [1.82, 2.24) is 10.9 Å². The summed E-state index contributed by atoms with van der Waals surface area (Å²) in [5, 5.41) is 3.51. The van der Waals surface area contributed by atoms with Crippen LogP contribution in [-0.4, -0.2) is 24.3 Å². The van der Waals surface area contributed by atoms with Gasteiger partial charge in [0.05, 0.1) is 11.6 Å². The minimum atomic E-state index is -0.466. The Morgan fingerprint density at radius 2 is 1.71 bits per heavy atom. The van der Waals surface area contributed by atoms with Crippen molar-refractivity contribution in [1.29, 1.82) is 0 Å². The fourth-order valence-corrected chi connectivity index (χ4v) is 2.64. The molecule has 9 heteroatoms. The molecule has 2 aromatic carbocycles. The third-order valence-electron chi connectivity index (χ3n) is 3.48. The van der Waals surface area contributed by atoms with E-state index in [0.29, 0.717) is 33.5 Å². The Kier molecular flexibility index (Phi) is 8.10. The summed E-state index contributed by atoms with van der Waals surface area (Å²) in [7, 11) is 0. The van der Waals surface area contributed by atoms with Crippen molar-refractivity contribution in [3.8, 4) is 5.75 Å². The maximum atomic E-state index is 12.0. The van der Waals surface area contributed by atoms with Crippen molar-refractivity contribution < 1.29 is 19.1 Å². The van der Waals surface area contributed by atoms with Gasteiger partial charge < -0.3 is 10.1 Å². The zero-order chi connectivity index (χ0) is 20.5. The second-order valence-electron chi connectivity index (χ2n) is 5.79. The lowest BCUT2D eigenvalue weighted by atomic mass is 10.2. The number of nitrogens with one attached hydrogen (secondary N) is 3. The maximum Gasteiger partial charge on any atom is 0.269 e. The van der Waals surface area contributed by atoms with E-state index < -0.39 is 5.91 Å². The molecule has 0 aromatic heterocycles. The van der Waals surface area contributed by atoms with Crippen LogP contribution in [0, 0.1) is 0 Å². The van der Waals surface area contributed by atoms with E-state index >= 15 is 0 Å². The van der Waals surface area contributed by atoms with Gasteiger partial charge >= 0.3 is 0 Å². The Bertz CT molecular complexity index is 857. The standard InChI is InChI=1S/C19H19Cl2N3O4/c1-12(25)22-15-7-4-13(5-8-15)19(27)24-23-18(26)3-2-10-28-17-9-6-14(20)11-16(17)21/h4-9,11H,2-3,10H2,1H3,(H,22,25)(H,23,26)(H,24,27). The van der Waals surface area contributed by atoms with Gasteiger partial charge in [0, 0.05) is 29.6 Å². The van der Waals surface area contributed by atoms with E-state index in [1.807, 2.05) is 0 Å². The molecule has 0 spiro atoms. The van der Waals surface area contributed by atoms with Crippen molar-refractivity contribution >= 4 is 46.6 Å². The number of hydrogen-bond donors (Lipinski definition) is 3. The maximum absolute atomic E-state index is 12.0. The predicted molar refractivity (Wildman–Crippen MR) is 108 cm³/mol. The Morgan fingerprint density at radius 3 is 2.36 bits per heavy atom. The number of hydrogen-bond acceptors (Lipinski definition) is 4. The average Bonchev–Trinajstić information content (AvgIpc) is 2.65. The van der Waals surface area contributed by atoms with Crippen LogP contribution in [0.3, 0.4) is 0 Å². The molecule has 0 aliphatic rings. The van der Waals surface area contributed by atoms with Crippen LogP contribution in [-0.2, 0) is 9.59 Å². The van der Waals surface area contributed by atoms with Crippen molar-refractivity contribution in [2.24, 2.45) is 0 Å². The molecule has 3 amide bonds. The van der Waals surface area contributed by atoms with Crippen LogP contribution in [0.5, 0.6) is 5.75 Å². The molecule has 3 N–H and O–H groups in total.